The normalized spacial score (nSPS) is 19.9. The van der Waals surface area contributed by atoms with Crippen molar-refractivity contribution in [1.29, 1.82) is 0 Å². The topological polar surface area (TPSA) is 70.1 Å². The highest BCUT2D eigenvalue weighted by Crippen LogP contribution is 2.33. The monoisotopic (exact) mass is 430 g/mol. The van der Waals surface area contributed by atoms with E-state index in [4.69, 9.17) is 4.74 Å². The molecule has 1 amide bonds. The Labute approximate surface area is 186 Å². The van der Waals surface area contributed by atoms with E-state index in [9.17, 15) is 14.7 Å². The summed E-state index contributed by atoms with van der Waals surface area (Å²) >= 11 is 0. The van der Waals surface area contributed by atoms with Gasteiger partial charge >= 0.3 is 5.97 Å². The highest BCUT2D eigenvalue weighted by Gasteiger charge is 2.32. The number of ether oxygens (including phenoxy) is 1. The third-order valence-electron chi connectivity index (χ3n) is 7.24. The van der Waals surface area contributed by atoms with Gasteiger partial charge in [-0.25, -0.2) is 0 Å². The van der Waals surface area contributed by atoms with E-state index in [0.717, 1.165) is 68.6 Å². The number of rotatable bonds is 6. The summed E-state index contributed by atoms with van der Waals surface area (Å²) in [6.45, 7) is 9.85. The van der Waals surface area contributed by atoms with Gasteiger partial charge in [0.25, 0.3) is 0 Å². The summed E-state index contributed by atoms with van der Waals surface area (Å²) in [4.78, 5) is 28.7. The summed E-state index contributed by atoms with van der Waals surface area (Å²) in [5, 5.41) is 9.98. The van der Waals surface area contributed by atoms with Gasteiger partial charge in [-0.2, -0.15) is 0 Å². The van der Waals surface area contributed by atoms with Crippen LogP contribution < -0.4 is 0 Å². The molecule has 1 N–H and O–H groups in total. The van der Waals surface area contributed by atoms with Crippen LogP contribution in [0, 0.1) is 31.6 Å². The number of likely N-dealkylation sites (tertiary alicyclic amines) is 2. The van der Waals surface area contributed by atoms with E-state index in [2.05, 4.69) is 4.90 Å². The van der Waals surface area contributed by atoms with Gasteiger partial charge in [0.15, 0.2) is 0 Å². The number of methoxy groups -OCH3 is 1. The zero-order chi connectivity index (χ0) is 22.5. The molecule has 0 aliphatic carbocycles. The number of hydrogen-bond acceptors (Lipinski definition) is 5. The van der Waals surface area contributed by atoms with Crippen molar-refractivity contribution in [3.63, 3.8) is 0 Å². The van der Waals surface area contributed by atoms with E-state index in [1.807, 2.05) is 37.8 Å². The van der Waals surface area contributed by atoms with Gasteiger partial charge in [0, 0.05) is 19.0 Å². The number of aryl methyl sites for hydroxylation is 2. The number of aromatic hydroxyl groups is 1. The fourth-order valence-corrected chi connectivity index (χ4v) is 5.34. The Kier molecular flexibility index (Phi) is 7.98. The molecule has 0 unspecified atom stereocenters. The van der Waals surface area contributed by atoms with E-state index < -0.39 is 0 Å². The van der Waals surface area contributed by atoms with Gasteiger partial charge in [0.1, 0.15) is 5.75 Å². The molecule has 2 aliphatic heterocycles. The lowest BCUT2D eigenvalue weighted by Crippen LogP contribution is -2.45. The van der Waals surface area contributed by atoms with E-state index in [1.165, 1.54) is 7.11 Å². The number of benzene rings is 1. The fraction of sp³-hybridized carbons (Fsp3) is 0.680. The lowest BCUT2D eigenvalue weighted by molar-refractivity contribution is -0.142. The molecular formula is C25H38N2O4. The minimum absolute atomic E-state index is 0.0542. The number of carbonyl (C=O) groups is 2. The molecule has 1 aromatic carbocycles. The van der Waals surface area contributed by atoms with Crippen LogP contribution >= 0.6 is 0 Å². The second-order valence-corrected chi connectivity index (χ2v) is 9.54. The highest BCUT2D eigenvalue weighted by molar-refractivity contribution is 5.79. The summed E-state index contributed by atoms with van der Waals surface area (Å²) in [5.41, 5.74) is 2.85. The summed E-state index contributed by atoms with van der Waals surface area (Å²) in [6.07, 6.45) is 5.13. The minimum Gasteiger partial charge on any atom is -0.507 e. The molecule has 0 radical (unpaired) electrons. The van der Waals surface area contributed by atoms with Crippen LogP contribution in [-0.2, 0) is 20.7 Å². The van der Waals surface area contributed by atoms with Gasteiger partial charge in [-0.15, -0.1) is 0 Å². The minimum atomic E-state index is -0.156. The molecule has 172 valence electrons. The maximum absolute atomic E-state index is 13.0. The van der Waals surface area contributed by atoms with Crippen LogP contribution in [0.4, 0.5) is 0 Å². The summed E-state index contributed by atoms with van der Waals surface area (Å²) in [7, 11) is 1.44. The number of amides is 1. The third-order valence-corrected chi connectivity index (χ3v) is 7.24. The second-order valence-electron chi connectivity index (χ2n) is 9.54. The first kappa shape index (κ1) is 23.6. The molecule has 2 fully saturated rings. The van der Waals surface area contributed by atoms with E-state index in [-0.39, 0.29) is 17.8 Å². The van der Waals surface area contributed by atoms with Crippen LogP contribution in [-0.4, -0.2) is 66.6 Å². The number of hydrogen-bond donors (Lipinski definition) is 1. The van der Waals surface area contributed by atoms with Crippen molar-refractivity contribution >= 4 is 11.9 Å². The summed E-state index contributed by atoms with van der Waals surface area (Å²) in [5.74, 6) is 1.77. The molecule has 0 spiro atoms. The summed E-state index contributed by atoms with van der Waals surface area (Å²) in [6, 6.07) is 3.98. The van der Waals surface area contributed by atoms with Crippen molar-refractivity contribution in [2.75, 3.05) is 39.8 Å². The van der Waals surface area contributed by atoms with Gasteiger partial charge in [-0.05, 0) is 87.6 Å². The maximum Gasteiger partial charge on any atom is 0.319 e. The third kappa shape index (κ3) is 6.00. The number of carbonyl (C=O) groups excluding carboxylic acids is 2. The van der Waals surface area contributed by atoms with Crippen LogP contribution in [0.15, 0.2) is 12.1 Å². The number of nitrogens with zero attached hydrogens (tertiary/aromatic N) is 2. The van der Waals surface area contributed by atoms with Crippen LogP contribution in [0.3, 0.4) is 0 Å². The SMILES string of the molecule is COC(=O)CN1CCC(C2CCN(C(=O)[C@H](C)Cc3cc(C)c(O)c(C)c3)CC2)CC1. The van der Waals surface area contributed by atoms with Gasteiger partial charge in [-0.3, -0.25) is 14.5 Å². The Morgan fingerprint density at radius 2 is 1.55 bits per heavy atom. The first-order valence-corrected chi connectivity index (χ1v) is 11.7. The molecule has 0 bridgehead atoms. The maximum atomic E-state index is 13.0. The molecule has 2 aliphatic rings. The van der Waals surface area contributed by atoms with Crippen molar-refractivity contribution in [2.24, 2.45) is 17.8 Å². The molecule has 2 heterocycles. The van der Waals surface area contributed by atoms with Crippen LogP contribution in [0.5, 0.6) is 5.75 Å². The molecule has 3 rings (SSSR count). The first-order valence-electron chi connectivity index (χ1n) is 11.7. The van der Waals surface area contributed by atoms with Gasteiger partial charge in [0.2, 0.25) is 5.91 Å². The molecular weight excluding hydrogens is 392 g/mol. The molecule has 1 aromatic rings. The van der Waals surface area contributed by atoms with Gasteiger partial charge in [0.05, 0.1) is 13.7 Å². The van der Waals surface area contributed by atoms with Crippen LogP contribution in [0.25, 0.3) is 0 Å². The average Bonchev–Trinajstić information content (AvgIpc) is 2.77. The van der Waals surface area contributed by atoms with E-state index in [0.29, 0.717) is 30.6 Å². The molecule has 0 saturated carbocycles. The lowest BCUT2D eigenvalue weighted by Gasteiger charge is -2.40. The molecule has 1 atom stereocenters. The van der Waals surface area contributed by atoms with E-state index >= 15 is 0 Å². The molecule has 2 saturated heterocycles. The van der Waals surface area contributed by atoms with Crippen molar-refractivity contribution in [3.05, 3.63) is 28.8 Å². The molecule has 31 heavy (non-hydrogen) atoms. The van der Waals surface area contributed by atoms with Crippen molar-refractivity contribution in [1.82, 2.24) is 9.80 Å². The lowest BCUT2D eigenvalue weighted by atomic mass is 9.78. The Morgan fingerprint density at radius 3 is 2.06 bits per heavy atom. The summed E-state index contributed by atoms with van der Waals surface area (Å²) < 4.78 is 4.77. The number of piperidine rings is 2. The number of phenolic OH excluding ortho intramolecular Hbond substituents is 1. The molecule has 6 nitrogen and oxygen atoms in total. The predicted octanol–water partition coefficient (Wildman–Crippen LogP) is 3.31. The average molecular weight is 431 g/mol. The van der Waals surface area contributed by atoms with Gasteiger partial charge in [-0.1, -0.05) is 19.1 Å². The quantitative estimate of drug-likeness (QED) is 0.701. The highest BCUT2D eigenvalue weighted by atomic mass is 16.5. The van der Waals surface area contributed by atoms with Crippen LogP contribution in [0.2, 0.25) is 0 Å². The predicted molar refractivity (Wildman–Crippen MR) is 121 cm³/mol. The van der Waals surface area contributed by atoms with E-state index in [1.54, 1.807) is 0 Å². The molecule has 6 heteroatoms. The Morgan fingerprint density at radius 1 is 1.03 bits per heavy atom. The second kappa shape index (κ2) is 10.5. The smallest absolute Gasteiger partial charge is 0.319 e. The Balaban J connectivity index is 1.45. The fourth-order valence-electron chi connectivity index (χ4n) is 5.34. The van der Waals surface area contributed by atoms with Crippen molar-refractivity contribution in [3.8, 4) is 5.75 Å². The number of phenols is 1. The standard InChI is InChI=1S/C25H38N2O4/c1-17-13-20(14-18(2)24(17)29)15-19(3)25(30)27-11-7-22(8-12-27)21-5-9-26(10-6-21)16-23(28)31-4/h13-14,19,21-22,29H,5-12,15-16H2,1-4H3/t19-/m1/s1. The molecule has 0 aromatic heterocycles. The zero-order valence-electron chi connectivity index (χ0n) is 19.5. The Hall–Kier alpha value is -2.08. The largest absolute Gasteiger partial charge is 0.507 e. The Bertz CT molecular complexity index is 755. The number of esters is 1. The van der Waals surface area contributed by atoms with Crippen LogP contribution in [0.1, 0.15) is 49.3 Å². The first-order chi connectivity index (χ1) is 14.8. The zero-order valence-corrected chi connectivity index (χ0v) is 19.5. The van der Waals surface area contributed by atoms with Crippen molar-refractivity contribution < 1.29 is 19.4 Å². The van der Waals surface area contributed by atoms with Crippen molar-refractivity contribution in [2.45, 2.75) is 52.9 Å². The van der Waals surface area contributed by atoms with Gasteiger partial charge < -0.3 is 14.7 Å².